The van der Waals surface area contributed by atoms with Crippen molar-refractivity contribution in [3.63, 3.8) is 0 Å². The lowest BCUT2D eigenvalue weighted by Gasteiger charge is -2.28. The Hall–Kier alpha value is -5.43. The van der Waals surface area contributed by atoms with Crippen molar-refractivity contribution >= 4 is 39.6 Å². The highest BCUT2D eigenvalue weighted by molar-refractivity contribution is 6.30. The van der Waals surface area contributed by atoms with Crippen molar-refractivity contribution in [3.8, 4) is 28.4 Å². The number of ketones is 1. The highest BCUT2D eigenvalue weighted by atomic mass is 16.5. The van der Waals surface area contributed by atoms with Crippen molar-refractivity contribution in [2.75, 3.05) is 19.1 Å². The fourth-order valence-electron chi connectivity index (χ4n) is 6.07. The molecule has 5 aromatic carbocycles. The third-order valence-electron chi connectivity index (χ3n) is 8.73. The Bertz CT molecular complexity index is 2040. The number of anilines is 2. The van der Waals surface area contributed by atoms with Crippen LogP contribution in [0.25, 0.3) is 21.9 Å². The van der Waals surface area contributed by atoms with Crippen LogP contribution in [-0.2, 0) is 16.6 Å². The molecule has 0 spiro atoms. The van der Waals surface area contributed by atoms with E-state index in [1.54, 1.807) is 7.11 Å². The number of nitrogens with zero attached hydrogens (tertiary/aromatic N) is 1. The number of benzene rings is 5. The maximum atomic E-state index is 12.1. The molecule has 0 unspecified atom stereocenters. The summed E-state index contributed by atoms with van der Waals surface area (Å²) < 4.78 is 11.7. The van der Waals surface area contributed by atoms with Gasteiger partial charge in [0, 0.05) is 59.4 Å². The van der Waals surface area contributed by atoms with Crippen molar-refractivity contribution in [2.24, 2.45) is 0 Å². The molecule has 0 bridgehead atoms. The summed E-state index contributed by atoms with van der Waals surface area (Å²) in [5.74, 6) is 2.63. The smallest absolute Gasteiger partial charge is 0.136 e. The lowest BCUT2D eigenvalue weighted by molar-refractivity contribution is -0.118. The molecule has 47 heavy (non-hydrogen) atoms. The van der Waals surface area contributed by atoms with E-state index in [1.807, 2.05) is 73.7 Å². The summed E-state index contributed by atoms with van der Waals surface area (Å²) in [5, 5.41) is 22.6. The molecule has 1 heterocycles. The normalized spacial score (nSPS) is 12.6. The molecule has 0 aliphatic carbocycles. The van der Waals surface area contributed by atoms with Crippen LogP contribution in [0.15, 0.2) is 91.0 Å². The fraction of sp³-hybridized carbons (Fsp3) is 0.225. The third kappa shape index (κ3) is 6.21. The number of hydrogen-bond acceptors (Lipinski definition) is 6. The standard InChI is InChI=1S/C40H40N4O3/c1-7-29(45)18-24-14-16-28(17-15-24)44(5)34-22-27(40(2,3)4)19-26-21-33-37(39(42)43-38(33)41)36(35(26)34)25-10-8-12-31(20-25)47-32-13-9-11-30(23-32)46-6/h8-17,19-23H,7,18H2,1-6H3,(H3,41,42,43). The summed E-state index contributed by atoms with van der Waals surface area (Å²) >= 11 is 0. The van der Waals surface area contributed by atoms with Gasteiger partial charge in [-0.25, -0.2) is 0 Å². The summed E-state index contributed by atoms with van der Waals surface area (Å²) in [6.07, 6.45) is 0.946. The molecule has 5 aromatic rings. The number of carbonyl (C=O) groups excluding carboxylic acids is 1. The quantitative estimate of drug-likeness (QED) is 0.152. The van der Waals surface area contributed by atoms with Crippen LogP contribution < -0.4 is 19.7 Å². The number of hydrogen-bond donors (Lipinski definition) is 3. The molecule has 6 rings (SSSR count). The summed E-state index contributed by atoms with van der Waals surface area (Å²) in [6.45, 7) is 8.49. The molecule has 0 fully saturated rings. The zero-order chi connectivity index (χ0) is 33.5. The molecule has 3 N–H and O–H groups in total. The molecule has 0 saturated heterocycles. The second kappa shape index (κ2) is 12.4. The van der Waals surface area contributed by atoms with Crippen LogP contribution in [0.1, 0.15) is 56.4 Å². The number of nitrogens with one attached hydrogen (secondary N) is 3. The Balaban J connectivity index is 1.58. The third-order valence-corrected chi connectivity index (χ3v) is 8.73. The number of carbonyl (C=O) groups is 1. The Labute approximate surface area is 276 Å². The predicted molar refractivity (Wildman–Crippen MR) is 191 cm³/mol. The molecule has 0 radical (unpaired) electrons. The van der Waals surface area contributed by atoms with Gasteiger partial charge in [0.25, 0.3) is 0 Å². The van der Waals surface area contributed by atoms with Gasteiger partial charge < -0.3 is 19.7 Å². The van der Waals surface area contributed by atoms with Gasteiger partial charge >= 0.3 is 0 Å². The van der Waals surface area contributed by atoms with Crippen molar-refractivity contribution in [3.05, 3.63) is 113 Å². The van der Waals surface area contributed by atoms with Crippen LogP contribution in [0, 0.1) is 10.8 Å². The van der Waals surface area contributed by atoms with E-state index in [2.05, 4.69) is 62.3 Å². The molecule has 7 nitrogen and oxygen atoms in total. The monoisotopic (exact) mass is 624 g/mol. The molecule has 0 saturated carbocycles. The minimum Gasteiger partial charge on any atom is -0.497 e. The van der Waals surface area contributed by atoms with Gasteiger partial charge in [0.2, 0.25) is 0 Å². The number of fused-ring (bicyclic) bond motifs is 2. The molecular formula is C40H40N4O3. The van der Waals surface area contributed by atoms with Crippen molar-refractivity contribution in [2.45, 2.75) is 46.0 Å². The van der Waals surface area contributed by atoms with Crippen LogP contribution in [0.3, 0.4) is 0 Å². The number of rotatable bonds is 9. The van der Waals surface area contributed by atoms with Crippen LogP contribution in [-0.4, -0.2) is 31.6 Å². The Morgan fingerprint density at radius 2 is 1.51 bits per heavy atom. The fourth-order valence-corrected chi connectivity index (χ4v) is 6.07. The first-order valence-electron chi connectivity index (χ1n) is 15.8. The highest BCUT2D eigenvalue weighted by Gasteiger charge is 2.30. The largest absolute Gasteiger partial charge is 0.497 e. The molecule has 238 valence electrons. The Morgan fingerprint density at radius 3 is 2.19 bits per heavy atom. The molecule has 1 aliphatic rings. The predicted octanol–water partition coefficient (Wildman–Crippen LogP) is 9.15. The number of methoxy groups -OCH3 is 1. The van der Waals surface area contributed by atoms with E-state index in [-0.39, 0.29) is 22.9 Å². The zero-order valence-corrected chi connectivity index (χ0v) is 27.7. The van der Waals surface area contributed by atoms with Crippen LogP contribution >= 0.6 is 0 Å². The van der Waals surface area contributed by atoms with E-state index in [4.69, 9.17) is 20.3 Å². The second-order valence-corrected chi connectivity index (χ2v) is 13.0. The van der Waals surface area contributed by atoms with Gasteiger partial charge in [0.05, 0.1) is 7.11 Å². The first kappa shape index (κ1) is 31.5. The maximum absolute atomic E-state index is 12.1. The summed E-state index contributed by atoms with van der Waals surface area (Å²) in [7, 11) is 3.68. The highest BCUT2D eigenvalue weighted by Crippen LogP contribution is 2.45. The minimum absolute atomic E-state index is 0.143. The number of Topliss-reactive ketones (excluding diaryl/α,β-unsaturated/α-hetero) is 1. The zero-order valence-electron chi connectivity index (χ0n) is 27.7. The van der Waals surface area contributed by atoms with Gasteiger partial charge in [-0.3, -0.25) is 15.6 Å². The van der Waals surface area contributed by atoms with E-state index in [0.29, 0.717) is 41.2 Å². The van der Waals surface area contributed by atoms with E-state index in [9.17, 15) is 4.79 Å². The molecule has 0 amide bonds. The first-order chi connectivity index (χ1) is 22.5. The Kier molecular flexibility index (Phi) is 8.32. The topological polar surface area (TPSA) is 98.5 Å². The number of ether oxygens (including phenoxy) is 2. The first-order valence-corrected chi connectivity index (χ1v) is 15.8. The maximum Gasteiger partial charge on any atom is 0.136 e. The van der Waals surface area contributed by atoms with Crippen LogP contribution in [0.2, 0.25) is 0 Å². The molecule has 1 aliphatic heterocycles. The molecule has 7 heteroatoms. The van der Waals surface area contributed by atoms with Crippen LogP contribution in [0.4, 0.5) is 11.4 Å². The van der Waals surface area contributed by atoms with Gasteiger partial charge in [-0.05, 0) is 76.0 Å². The van der Waals surface area contributed by atoms with E-state index in [1.165, 1.54) is 0 Å². The SMILES string of the molecule is CCC(=O)Cc1ccc(N(C)c2cc(C(C)(C)C)cc3cc4c(c(-c5cccc(Oc6cccc(OC)c6)c5)c23)C(=N)NC4=N)cc1. The van der Waals surface area contributed by atoms with E-state index >= 15 is 0 Å². The van der Waals surface area contributed by atoms with Crippen molar-refractivity contribution in [1.82, 2.24) is 5.32 Å². The van der Waals surface area contributed by atoms with Gasteiger partial charge in [-0.15, -0.1) is 0 Å². The van der Waals surface area contributed by atoms with Gasteiger partial charge in [-0.2, -0.15) is 0 Å². The molecular weight excluding hydrogens is 584 g/mol. The van der Waals surface area contributed by atoms with Crippen molar-refractivity contribution in [1.29, 1.82) is 10.8 Å². The minimum atomic E-state index is -0.143. The van der Waals surface area contributed by atoms with Gasteiger partial charge in [0.1, 0.15) is 34.7 Å². The van der Waals surface area contributed by atoms with Crippen molar-refractivity contribution < 1.29 is 14.3 Å². The lowest BCUT2D eigenvalue weighted by Crippen LogP contribution is -2.20. The molecule has 0 atom stereocenters. The Morgan fingerprint density at radius 1 is 0.830 bits per heavy atom. The van der Waals surface area contributed by atoms with E-state index in [0.717, 1.165) is 44.4 Å². The van der Waals surface area contributed by atoms with Crippen LogP contribution in [0.5, 0.6) is 17.2 Å². The number of amidine groups is 2. The van der Waals surface area contributed by atoms with Gasteiger partial charge in [-0.1, -0.05) is 64.1 Å². The lowest BCUT2D eigenvalue weighted by atomic mass is 9.82. The molecule has 0 aromatic heterocycles. The van der Waals surface area contributed by atoms with E-state index < -0.39 is 0 Å². The summed E-state index contributed by atoms with van der Waals surface area (Å²) in [5.41, 5.74) is 7.09. The average molecular weight is 625 g/mol. The van der Waals surface area contributed by atoms with Gasteiger partial charge in [0.15, 0.2) is 0 Å². The second-order valence-electron chi connectivity index (χ2n) is 13.0. The average Bonchev–Trinajstić information content (AvgIpc) is 3.34. The summed E-state index contributed by atoms with van der Waals surface area (Å²) in [4.78, 5) is 14.3. The summed E-state index contributed by atoms with van der Waals surface area (Å²) in [6, 6.07) is 30.0.